The Morgan fingerprint density at radius 3 is 2.33 bits per heavy atom. The van der Waals surface area contributed by atoms with Gasteiger partial charge in [0, 0.05) is 13.1 Å². The Hall–Kier alpha value is -2.89. The normalized spacial score (nSPS) is 10.1. The largest absolute Gasteiger partial charge is 0.468 e. The number of methoxy groups -OCH3 is 1. The molecule has 0 heterocycles. The molecule has 0 fully saturated rings. The number of amides is 2. The number of carbonyl (C=O) groups is 2. The number of nitrogens with zero attached hydrogens (tertiary/aromatic N) is 1. The number of ether oxygens (including phenoxy) is 1. The third-order valence-corrected chi connectivity index (χ3v) is 3.41. The fourth-order valence-electron chi connectivity index (χ4n) is 2.12. The topological polar surface area (TPSA) is 58.6 Å². The van der Waals surface area contributed by atoms with Gasteiger partial charge in [0.15, 0.2) is 0 Å². The summed E-state index contributed by atoms with van der Waals surface area (Å²) in [5.74, 6) is -0.829. The first-order valence-corrected chi connectivity index (χ1v) is 7.46. The Morgan fingerprint density at radius 1 is 1.04 bits per heavy atom. The molecule has 5 nitrogen and oxygen atoms in total. The molecular weight excluding hydrogens is 311 g/mol. The fraction of sp³-hybridized carbons (Fsp3) is 0.222. The van der Waals surface area contributed by atoms with Crippen molar-refractivity contribution < 1.29 is 18.7 Å². The van der Waals surface area contributed by atoms with E-state index in [9.17, 15) is 14.0 Å². The number of carbonyl (C=O) groups excluding carboxylic acids is 2. The Kier molecular flexibility index (Phi) is 6.31. The lowest BCUT2D eigenvalue weighted by atomic mass is 10.2. The van der Waals surface area contributed by atoms with Crippen molar-refractivity contribution in [2.45, 2.75) is 13.1 Å². The molecule has 2 aromatic carbocycles. The lowest BCUT2D eigenvalue weighted by Crippen LogP contribution is -2.42. The predicted molar refractivity (Wildman–Crippen MR) is 87.5 cm³/mol. The highest BCUT2D eigenvalue weighted by atomic mass is 19.1. The Bertz CT molecular complexity index is 674. The zero-order valence-corrected chi connectivity index (χ0v) is 13.4. The number of hydrogen-bond donors (Lipinski definition) is 1. The van der Waals surface area contributed by atoms with E-state index in [-0.39, 0.29) is 25.5 Å². The van der Waals surface area contributed by atoms with Gasteiger partial charge in [-0.05, 0) is 23.3 Å². The van der Waals surface area contributed by atoms with Gasteiger partial charge in [0.2, 0.25) is 0 Å². The van der Waals surface area contributed by atoms with Crippen LogP contribution >= 0.6 is 0 Å². The van der Waals surface area contributed by atoms with Crippen LogP contribution in [0.1, 0.15) is 11.1 Å². The van der Waals surface area contributed by atoms with Crippen molar-refractivity contribution in [1.29, 1.82) is 0 Å². The van der Waals surface area contributed by atoms with Crippen LogP contribution in [0.5, 0.6) is 0 Å². The van der Waals surface area contributed by atoms with Gasteiger partial charge in [0.25, 0.3) is 0 Å². The van der Waals surface area contributed by atoms with Crippen LogP contribution in [-0.4, -0.2) is 30.6 Å². The van der Waals surface area contributed by atoms with Crippen LogP contribution in [0, 0.1) is 5.82 Å². The molecule has 0 aliphatic rings. The first kappa shape index (κ1) is 17.5. The lowest BCUT2D eigenvalue weighted by molar-refractivity contribution is -0.141. The van der Waals surface area contributed by atoms with E-state index >= 15 is 0 Å². The number of rotatable bonds is 6. The number of halogens is 1. The van der Waals surface area contributed by atoms with E-state index in [1.165, 1.54) is 24.1 Å². The Labute approximate surface area is 140 Å². The van der Waals surface area contributed by atoms with Crippen LogP contribution in [0.15, 0.2) is 54.6 Å². The quantitative estimate of drug-likeness (QED) is 0.829. The highest BCUT2D eigenvalue weighted by Crippen LogP contribution is 2.06. The van der Waals surface area contributed by atoms with Gasteiger partial charge in [0.05, 0.1) is 7.11 Å². The van der Waals surface area contributed by atoms with Crippen molar-refractivity contribution in [2.24, 2.45) is 0 Å². The summed E-state index contributed by atoms with van der Waals surface area (Å²) in [4.78, 5) is 25.3. The maximum atomic E-state index is 12.9. The minimum atomic E-state index is -0.497. The van der Waals surface area contributed by atoms with E-state index in [1.54, 1.807) is 12.1 Å². The molecule has 0 unspecified atom stereocenters. The summed E-state index contributed by atoms with van der Waals surface area (Å²) in [5.41, 5.74) is 1.67. The second kappa shape index (κ2) is 8.67. The zero-order valence-electron chi connectivity index (χ0n) is 13.4. The average Bonchev–Trinajstić information content (AvgIpc) is 2.61. The van der Waals surface area contributed by atoms with Crippen molar-refractivity contribution in [2.75, 3.05) is 13.7 Å². The molecule has 0 saturated carbocycles. The third kappa shape index (κ3) is 5.39. The van der Waals surface area contributed by atoms with Gasteiger partial charge < -0.3 is 15.0 Å². The highest BCUT2D eigenvalue weighted by molar-refractivity contribution is 5.80. The number of hydrogen-bond acceptors (Lipinski definition) is 3. The molecule has 2 amide bonds. The van der Waals surface area contributed by atoms with Crippen LogP contribution in [0.3, 0.4) is 0 Å². The van der Waals surface area contributed by atoms with Gasteiger partial charge in [-0.15, -0.1) is 0 Å². The Morgan fingerprint density at radius 2 is 1.71 bits per heavy atom. The zero-order chi connectivity index (χ0) is 17.4. The van der Waals surface area contributed by atoms with Crippen LogP contribution in [0.25, 0.3) is 0 Å². The number of esters is 1. The molecule has 0 spiro atoms. The molecule has 126 valence electrons. The molecule has 0 aliphatic heterocycles. The van der Waals surface area contributed by atoms with Crippen molar-refractivity contribution in [1.82, 2.24) is 10.2 Å². The van der Waals surface area contributed by atoms with E-state index in [0.29, 0.717) is 0 Å². The Balaban J connectivity index is 2.00. The van der Waals surface area contributed by atoms with Crippen molar-refractivity contribution in [3.63, 3.8) is 0 Å². The average molecular weight is 330 g/mol. The molecule has 1 N–H and O–H groups in total. The van der Waals surface area contributed by atoms with Gasteiger partial charge in [-0.2, -0.15) is 0 Å². The maximum Gasteiger partial charge on any atom is 0.325 e. The number of urea groups is 1. The molecule has 2 aromatic rings. The van der Waals surface area contributed by atoms with Gasteiger partial charge in [0.1, 0.15) is 12.4 Å². The molecule has 24 heavy (non-hydrogen) atoms. The van der Waals surface area contributed by atoms with Crippen molar-refractivity contribution >= 4 is 12.0 Å². The number of benzene rings is 2. The summed E-state index contributed by atoms with van der Waals surface area (Å²) in [6.07, 6.45) is 0. The maximum absolute atomic E-state index is 12.9. The summed E-state index contributed by atoms with van der Waals surface area (Å²) >= 11 is 0. The van der Waals surface area contributed by atoms with Crippen LogP contribution in [-0.2, 0) is 22.6 Å². The highest BCUT2D eigenvalue weighted by Gasteiger charge is 2.17. The van der Waals surface area contributed by atoms with E-state index in [2.05, 4.69) is 10.1 Å². The molecule has 0 bridgehead atoms. The predicted octanol–water partition coefficient (Wildman–Crippen LogP) is 2.71. The van der Waals surface area contributed by atoms with E-state index in [4.69, 9.17) is 0 Å². The van der Waals surface area contributed by atoms with Gasteiger partial charge in [-0.25, -0.2) is 9.18 Å². The van der Waals surface area contributed by atoms with Crippen LogP contribution in [0.2, 0.25) is 0 Å². The fourth-order valence-corrected chi connectivity index (χ4v) is 2.12. The van der Waals surface area contributed by atoms with Crippen LogP contribution < -0.4 is 5.32 Å². The monoisotopic (exact) mass is 330 g/mol. The summed E-state index contributed by atoms with van der Waals surface area (Å²) in [6, 6.07) is 14.8. The van der Waals surface area contributed by atoms with E-state index in [0.717, 1.165) is 11.1 Å². The standard InChI is InChI=1S/C18H19FN2O3/c1-24-17(22)13-21(12-15-5-3-2-4-6-15)18(23)20-11-14-7-9-16(19)10-8-14/h2-10H,11-13H2,1H3,(H,20,23). The number of nitrogens with one attached hydrogen (secondary N) is 1. The van der Waals surface area contributed by atoms with E-state index < -0.39 is 12.0 Å². The third-order valence-electron chi connectivity index (χ3n) is 3.41. The summed E-state index contributed by atoms with van der Waals surface area (Å²) in [5, 5.41) is 2.72. The van der Waals surface area contributed by atoms with Crippen LogP contribution in [0.4, 0.5) is 9.18 Å². The lowest BCUT2D eigenvalue weighted by Gasteiger charge is -2.22. The molecule has 0 saturated heterocycles. The van der Waals surface area contributed by atoms with Crippen molar-refractivity contribution in [3.05, 3.63) is 71.5 Å². The molecule has 0 atom stereocenters. The SMILES string of the molecule is COC(=O)CN(Cc1ccccc1)C(=O)NCc1ccc(F)cc1. The first-order chi connectivity index (χ1) is 11.6. The van der Waals surface area contributed by atoms with E-state index in [1.807, 2.05) is 30.3 Å². The van der Waals surface area contributed by atoms with Gasteiger partial charge in [-0.3, -0.25) is 4.79 Å². The van der Waals surface area contributed by atoms with Crippen molar-refractivity contribution in [3.8, 4) is 0 Å². The molecule has 0 aliphatic carbocycles. The van der Waals surface area contributed by atoms with Gasteiger partial charge in [-0.1, -0.05) is 42.5 Å². The first-order valence-electron chi connectivity index (χ1n) is 7.46. The van der Waals surface area contributed by atoms with Gasteiger partial charge >= 0.3 is 12.0 Å². The summed E-state index contributed by atoms with van der Waals surface area (Å²) in [7, 11) is 1.28. The summed E-state index contributed by atoms with van der Waals surface area (Å²) in [6.45, 7) is 0.372. The molecule has 2 rings (SSSR count). The molecular formula is C18H19FN2O3. The summed E-state index contributed by atoms with van der Waals surface area (Å²) < 4.78 is 17.5. The minimum Gasteiger partial charge on any atom is -0.468 e. The minimum absolute atomic E-state index is 0.152. The smallest absolute Gasteiger partial charge is 0.325 e. The molecule has 0 aromatic heterocycles. The second-order valence-corrected chi connectivity index (χ2v) is 5.20. The molecule has 0 radical (unpaired) electrons. The second-order valence-electron chi connectivity index (χ2n) is 5.20. The molecule has 6 heteroatoms.